The molecule has 218 valence electrons. The summed E-state index contributed by atoms with van der Waals surface area (Å²) in [6.45, 7) is 8.15. The van der Waals surface area contributed by atoms with Crippen molar-refractivity contribution in [2.45, 2.75) is 37.8 Å². The van der Waals surface area contributed by atoms with Crippen LogP contribution < -0.4 is 21.3 Å². The molecule has 6 rings (SSSR count). The molecule has 3 aliphatic rings. The number of piperidine rings is 1. The summed E-state index contributed by atoms with van der Waals surface area (Å²) in [4.78, 5) is 29.4. The van der Waals surface area contributed by atoms with Gasteiger partial charge in [-0.1, -0.05) is 0 Å². The summed E-state index contributed by atoms with van der Waals surface area (Å²) in [5.41, 5.74) is 8.27. The van der Waals surface area contributed by atoms with Crippen molar-refractivity contribution in [2.24, 2.45) is 5.73 Å². The van der Waals surface area contributed by atoms with Gasteiger partial charge in [-0.05, 0) is 69.1 Å². The highest BCUT2D eigenvalue weighted by molar-refractivity contribution is 5.97. The number of rotatable bonds is 8. The van der Waals surface area contributed by atoms with Crippen molar-refractivity contribution in [3.05, 3.63) is 48.4 Å². The predicted molar refractivity (Wildman–Crippen MR) is 160 cm³/mol. The van der Waals surface area contributed by atoms with Crippen LogP contribution in [0.5, 0.6) is 0 Å². The molecule has 2 aromatic heterocycles. The average Bonchev–Trinajstić information content (AvgIpc) is 3.54. The lowest BCUT2D eigenvalue weighted by molar-refractivity contribution is 0.0904. The molecule has 1 amide bonds. The first-order chi connectivity index (χ1) is 20.0. The summed E-state index contributed by atoms with van der Waals surface area (Å²) < 4.78 is 11.1. The Morgan fingerprint density at radius 2 is 1.66 bits per heavy atom. The Morgan fingerprint density at radius 3 is 2.32 bits per heavy atom. The number of likely N-dealkylation sites (N-methyl/N-ethyl adjacent to an activating group) is 1. The molecule has 3 aliphatic heterocycles. The number of amides is 1. The van der Waals surface area contributed by atoms with Crippen molar-refractivity contribution in [1.29, 1.82) is 0 Å². The minimum Gasteiger partial charge on any atom is -0.463 e. The van der Waals surface area contributed by atoms with E-state index in [-0.39, 0.29) is 11.7 Å². The van der Waals surface area contributed by atoms with Crippen molar-refractivity contribution < 1.29 is 13.9 Å². The number of aromatic nitrogens is 2. The highest BCUT2D eigenvalue weighted by atomic mass is 16.5. The third-order valence-corrected chi connectivity index (χ3v) is 8.46. The van der Waals surface area contributed by atoms with Crippen LogP contribution in [-0.2, 0) is 4.74 Å². The fraction of sp³-hybridized carbons (Fsp3) is 0.500. The zero-order valence-electron chi connectivity index (χ0n) is 23.7. The molecular weight excluding hydrogens is 520 g/mol. The number of anilines is 4. The molecule has 11 heteroatoms. The van der Waals surface area contributed by atoms with E-state index in [1.165, 1.54) is 31.6 Å². The lowest BCUT2D eigenvalue weighted by Gasteiger charge is -2.42. The normalized spacial score (nSPS) is 19.8. The van der Waals surface area contributed by atoms with Gasteiger partial charge in [0.1, 0.15) is 5.69 Å². The number of piperazine rings is 1. The van der Waals surface area contributed by atoms with E-state index >= 15 is 0 Å². The summed E-state index contributed by atoms with van der Waals surface area (Å²) in [5, 5.41) is 6.78. The summed E-state index contributed by atoms with van der Waals surface area (Å²) in [5.74, 6) is 0.703. The molecule has 0 atom stereocenters. The minimum absolute atomic E-state index is 0.0592. The van der Waals surface area contributed by atoms with Crippen LogP contribution in [0.4, 0.5) is 23.0 Å². The zero-order valence-corrected chi connectivity index (χ0v) is 23.7. The predicted octanol–water partition coefficient (Wildman–Crippen LogP) is 3.39. The van der Waals surface area contributed by atoms with Crippen LogP contribution in [0.3, 0.4) is 0 Å². The van der Waals surface area contributed by atoms with Gasteiger partial charge in [-0.2, -0.15) is 0 Å². The second-order valence-corrected chi connectivity index (χ2v) is 11.2. The average molecular weight is 561 g/mol. The van der Waals surface area contributed by atoms with E-state index in [1.807, 2.05) is 12.1 Å². The van der Waals surface area contributed by atoms with Crippen LogP contribution in [0.2, 0.25) is 0 Å². The highest BCUT2D eigenvalue weighted by Gasteiger charge is 2.27. The van der Waals surface area contributed by atoms with Gasteiger partial charge >= 0.3 is 0 Å². The molecule has 0 aliphatic carbocycles. The number of carbonyl (C=O) groups excluding carboxylic acids is 1. The van der Waals surface area contributed by atoms with Gasteiger partial charge < -0.3 is 35.3 Å². The van der Waals surface area contributed by atoms with E-state index in [0.717, 1.165) is 44.7 Å². The molecule has 1 aromatic carbocycles. The molecule has 5 heterocycles. The van der Waals surface area contributed by atoms with Crippen molar-refractivity contribution in [1.82, 2.24) is 19.8 Å². The maximum atomic E-state index is 12.5. The quantitative estimate of drug-likeness (QED) is 0.378. The highest BCUT2D eigenvalue weighted by Crippen LogP contribution is 2.31. The Morgan fingerprint density at radius 1 is 0.927 bits per heavy atom. The second kappa shape index (κ2) is 12.5. The molecule has 11 nitrogen and oxygen atoms in total. The van der Waals surface area contributed by atoms with Crippen molar-refractivity contribution in [2.75, 3.05) is 75.1 Å². The molecular formula is C30H40N8O3. The second-order valence-electron chi connectivity index (χ2n) is 11.2. The number of furan rings is 1. The number of ether oxygens (including phenoxy) is 1. The number of carbonyl (C=O) groups is 1. The standard InChI is InChI=1S/C30H40N8O3/c1-36-14-16-38(17-15-36)24-8-12-37(13-9-24)23-6-4-21(5-7-23)32-30-27(28(31)39)34-26(25-3-2-18-41-25)29(35-30)33-22-10-19-40-20-11-22/h2-7,18,22,24H,8-17,19-20H2,1H3,(H2,31,39)(H2,32,33,35). The van der Waals surface area contributed by atoms with Crippen LogP contribution in [0, 0.1) is 0 Å². The lowest BCUT2D eigenvalue weighted by Crippen LogP contribution is -2.52. The lowest BCUT2D eigenvalue weighted by atomic mass is 10.0. The van der Waals surface area contributed by atoms with Crippen LogP contribution in [-0.4, -0.2) is 97.3 Å². The Balaban J connectivity index is 1.17. The molecule has 0 saturated carbocycles. The molecule has 0 bridgehead atoms. The molecule has 0 unspecified atom stereocenters. The molecule has 4 N–H and O–H groups in total. The number of nitrogens with zero attached hydrogens (tertiary/aromatic N) is 5. The van der Waals surface area contributed by atoms with Gasteiger partial charge in [0.2, 0.25) is 0 Å². The van der Waals surface area contributed by atoms with Crippen molar-refractivity contribution in [3.63, 3.8) is 0 Å². The zero-order chi connectivity index (χ0) is 28.2. The monoisotopic (exact) mass is 560 g/mol. The summed E-state index contributed by atoms with van der Waals surface area (Å²) in [6.07, 6.45) is 5.65. The van der Waals surface area contributed by atoms with E-state index < -0.39 is 5.91 Å². The maximum absolute atomic E-state index is 12.5. The number of nitrogens with two attached hydrogens (primary N) is 1. The third kappa shape index (κ3) is 6.47. The van der Waals surface area contributed by atoms with Gasteiger partial charge in [0, 0.05) is 75.9 Å². The largest absolute Gasteiger partial charge is 0.463 e. The summed E-state index contributed by atoms with van der Waals surface area (Å²) in [6, 6.07) is 12.7. The van der Waals surface area contributed by atoms with E-state index in [0.29, 0.717) is 42.3 Å². The van der Waals surface area contributed by atoms with Crippen LogP contribution in [0.15, 0.2) is 47.1 Å². The van der Waals surface area contributed by atoms with E-state index in [9.17, 15) is 4.79 Å². The molecule has 3 aromatic rings. The van der Waals surface area contributed by atoms with Crippen LogP contribution in [0.1, 0.15) is 36.2 Å². The molecule has 0 radical (unpaired) electrons. The Labute approximate surface area is 241 Å². The SMILES string of the molecule is CN1CCN(C2CCN(c3ccc(Nc4nc(NC5CCOCC5)c(-c5ccco5)nc4C(N)=O)cc3)CC2)CC1. The minimum atomic E-state index is -0.662. The summed E-state index contributed by atoms with van der Waals surface area (Å²) >= 11 is 0. The fourth-order valence-corrected chi connectivity index (χ4v) is 5.98. The Hall–Kier alpha value is -3.67. The topological polar surface area (TPSA) is 125 Å². The smallest absolute Gasteiger partial charge is 0.271 e. The first-order valence-electron chi connectivity index (χ1n) is 14.7. The van der Waals surface area contributed by atoms with Crippen molar-refractivity contribution >= 4 is 28.9 Å². The van der Waals surface area contributed by atoms with Gasteiger partial charge in [0.05, 0.1) is 6.26 Å². The van der Waals surface area contributed by atoms with Crippen molar-refractivity contribution in [3.8, 4) is 11.5 Å². The fourth-order valence-electron chi connectivity index (χ4n) is 5.98. The first kappa shape index (κ1) is 27.5. The number of hydrogen-bond acceptors (Lipinski definition) is 10. The molecule has 3 fully saturated rings. The van der Waals surface area contributed by atoms with E-state index in [1.54, 1.807) is 18.4 Å². The maximum Gasteiger partial charge on any atom is 0.271 e. The Bertz CT molecular complexity index is 1290. The van der Waals surface area contributed by atoms with Gasteiger partial charge in [-0.15, -0.1) is 0 Å². The van der Waals surface area contributed by atoms with E-state index in [4.69, 9.17) is 19.9 Å². The molecule has 0 spiro atoms. The molecule has 41 heavy (non-hydrogen) atoms. The third-order valence-electron chi connectivity index (χ3n) is 8.46. The summed E-state index contributed by atoms with van der Waals surface area (Å²) in [7, 11) is 2.21. The number of hydrogen-bond donors (Lipinski definition) is 3. The van der Waals surface area contributed by atoms with Gasteiger partial charge in [-0.25, -0.2) is 9.97 Å². The van der Waals surface area contributed by atoms with Crippen LogP contribution in [0.25, 0.3) is 11.5 Å². The van der Waals surface area contributed by atoms with Gasteiger partial charge in [-0.3, -0.25) is 9.69 Å². The number of primary amides is 1. The van der Waals surface area contributed by atoms with E-state index in [2.05, 4.69) is 49.5 Å². The van der Waals surface area contributed by atoms with Gasteiger partial charge in [0.15, 0.2) is 23.1 Å². The molecule has 3 saturated heterocycles. The first-order valence-corrected chi connectivity index (χ1v) is 14.7. The van der Waals surface area contributed by atoms with Gasteiger partial charge in [0.25, 0.3) is 5.91 Å². The Kier molecular flexibility index (Phi) is 8.36. The van der Waals surface area contributed by atoms with Crippen LogP contribution >= 0.6 is 0 Å². The number of nitrogens with one attached hydrogen (secondary N) is 2. The number of benzene rings is 1.